The second kappa shape index (κ2) is 7.22. The van der Waals surface area contributed by atoms with Crippen LogP contribution in [0.2, 0.25) is 5.02 Å². The molecule has 5 nitrogen and oxygen atoms in total. The average molecular weight is 370 g/mol. The van der Waals surface area contributed by atoms with Gasteiger partial charge in [-0.05, 0) is 49.6 Å². The summed E-state index contributed by atoms with van der Waals surface area (Å²) >= 11 is 6.30. The van der Waals surface area contributed by atoms with Gasteiger partial charge in [-0.25, -0.2) is 4.79 Å². The second-order valence-corrected chi connectivity index (χ2v) is 6.70. The highest BCUT2D eigenvalue weighted by Crippen LogP contribution is 2.32. The molecule has 1 aliphatic heterocycles. The number of anilines is 1. The lowest BCUT2D eigenvalue weighted by atomic mass is 9.94. The summed E-state index contributed by atoms with van der Waals surface area (Å²) in [6.45, 7) is 5.66. The highest BCUT2D eigenvalue weighted by molar-refractivity contribution is 6.31. The molecule has 0 spiro atoms. The number of allylic oxidation sites excluding steroid dienone is 1. The summed E-state index contributed by atoms with van der Waals surface area (Å²) in [6.07, 6.45) is 0. The molecule has 0 saturated heterocycles. The first-order valence-electron chi connectivity index (χ1n) is 8.28. The van der Waals surface area contributed by atoms with Crippen molar-refractivity contribution in [3.63, 3.8) is 0 Å². The molecule has 0 fully saturated rings. The van der Waals surface area contributed by atoms with Crippen LogP contribution in [0.5, 0.6) is 0 Å². The molecule has 0 aromatic heterocycles. The van der Waals surface area contributed by atoms with Crippen LogP contribution >= 0.6 is 11.6 Å². The summed E-state index contributed by atoms with van der Waals surface area (Å²) < 4.78 is 0. The van der Waals surface area contributed by atoms with E-state index in [1.807, 2.05) is 38.1 Å². The highest BCUT2D eigenvalue weighted by atomic mass is 35.5. The quantitative estimate of drug-likeness (QED) is 0.757. The minimum Gasteiger partial charge on any atom is -0.327 e. The van der Waals surface area contributed by atoms with Crippen LogP contribution in [0.25, 0.3) is 0 Å². The molecule has 3 rings (SSSR count). The molecule has 0 aliphatic carbocycles. The van der Waals surface area contributed by atoms with E-state index in [1.54, 1.807) is 25.1 Å². The van der Waals surface area contributed by atoms with Gasteiger partial charge in [-0.15, -0.1) is 0 Å². The molecular weight excluding hydrogens is 350 g/mol. The third kappa shape index (κ3) is 3.44. The maximum Gasteiger partial charge on any atom is 0.319 e. The molecule has 1 unspecified atom stereocenters. The molecule has 26 heavy (non-hydrogen) atoms. The van der Waals surface area contributed by atoms with Gasteiger partial charge in [-0.3, -0.25) is 4.79 Å². The summed E-state index contributed by atoms with van der Waals surface area (Å²) in [5.41, 5.74) is 4.44. The van der Waals surface area contributed by atoms with Crippen LogP contribution in [0.15, 0.2) is 53.7 Å². The van der Waals surface area contributed by atoms with Gasteiger partial charge in [-0.2, -0.15) is 0 Å². The van der Waals surface area contributed by atoms with E-state index < -0.39 is 6.04 Å². The van der Waals surface area contributed by atoms with E-state index >= 15 is 0 Å². The number of halogens is 1. The van der Waals surface area contributed by atoms with E-state index in [1.165, 1.54) is 0 Å². The predicted octanol–water partition coefficient (Wildman–Crippen LogP) is 4.22. The fraction of sp³-hybridized carbons (Fsp3) is 0.200. The number of rotatable bonds is 3. The van der Waals surface area contributed by atoms with Crippen molar-refractivity contribution in [1.29, 1.82) is 0 Å². The van der Waals surface area contributed by atoms with Gasteiger partial charge < -0.3 is 16.0 Å². The first-order valence-corrected chi connectivity index (χ1v) is 8.66. The Morgan fingerprint density at radius 1 is 1.08 bits per heavy atom. The van der Waals surface area contributed by atoms with Gasteiger partial charge in [-0.1, -0.05) is 41.9 Å². The van der Waals surface area contributed by atoms with Gasteiger partial charge in [0.25, 0.3) is 5.91 Å². The zero-order valence-corrected chi connectivity index (χ0v) is 15.6. The largest absolute Gasteiger partial charge is 0.327 e. The average Bonchev–Trinajstić information content (AvgIpc) is 2.58. The normalized spacial score (nSPS) is 16.8. The highest BCUT2D eigenvalue weighted by Gasteiger charge is 2.32. The van der Waals surface area contributed by atoms with Gasteiger partial charge in [0, 0.05) is 16.4 Å². The van der Waals surface area contributed by atoms with Crippen LogP contribution < -0.4 is 16.0 Å². The van der Waals surface area contributed by atoms with E-state index in [0.717, 1.165) is 16.8 Å². The molecular formula is C20H20ClN3O2. The first-order chi connectivity index (χ1) is 12.4. The Kier molecular flexibility index (Phi) is 5.00. The standard InChI is InChI=1S/C20H20ClN3O2/c1-11-7-6-10-16(12(11)2)23-19(25)17-13(3)22-20(26)24-18(17)14-8-4-5-9-15(14)21/h4-10,18H,1-3H3,(H,23,25)(H2,22,24,26). The van der Waals surface area contributed by atoms with Crippen LogP contribution in [-0.4, -0.2) is 11.9 Å². The van der Waals surface area contributed by atoms with Crippen LogP contribution in [-0.2, 0) is 4.79 Å². The molecule has 2 aromatic carbocycles. The monoisotopic (exact) mass is 369 g/mol. The first kappa shape index (κ1) is 18.0. The van der Waals surface area contributed by atoms with Crippen molar-refractivity contribution in [2.75, 3.05) is 5.32 Å². The van der Waals surface area contributed by atoms with Crippen molar-refractivity contribution in [3.05, 3.63) is 75.4 Å². The van der Waals surface area contributed by atoms with E-state index in [9.17, 15) is 9.59 Å². The van der Waals surface area contributed by atoms with Crippen molar-refractivity contribution in [1.82, 2.24) is 10.6 Å². The molecule has 2 aromatic rings. The number of carbonyl (C=O) groups is 2. The molecule has 3 N–H and O–H groups in total. The third-order valence-electron chi connectivity index (χ3n) is 4.58. The Morgan fingerprint density at radius 2 is 1.81 bits per heavy atom. The van der Waals surface area contributed by atoms with E-state index in [0.29, 0.717) is 21.9 Å². The van der Waals surface area contributed by atoms with Crippen molar-refractivity contribution >= 4 is 29.2 Å². The number of carbonyl (C=O) groups excluding carboxylic acids is 2. The fourth-order valence-electron chi connectivity index (χ4n) is 3.01. The molecule has 1 heterocycles. The minimum atomic E-state index is -0.623. The minimum absolute atomic E-state index is 0.284. The zero-order chi connectivity index (χ0) is 18.8. The second-order valence-electron chi connectivity index (χ2n) is 6.29. The molecule has 0 saturated carbocycles. The lowest BCUT2D eigenvalue weighted by Gasteiger charge is -2.29. The van der Waals surface area contributed by atoms with Crippen LogP contribution in [0.1, 0.15) is 29.7 Å². The summed E-state index contributed by atoms with van der Waals surface area (Å²) in [5.74, 6) is -0.284. The molecule has 0 bridgehead atoms. The van der Waals surface area contributed by atoms with Crippen molar-refractivity contribution in [2.24, 2.45) is 0 Å². The Bertz CT molecular complexity index is 921. The Hall–Kier alpha value is -2.79. The van der Waals surface area contributed by atoms with Crippen molar-refractivity contribution in [3.8, 4) is 0 Å². The molecule has 1 atom stereocenters. The van der Waals surface area contributed by atoms with Gasteiger partial charge in [0.1, 0.15) is 0 Å². The maximum atomic E-state index is 13.0. The number of nitrogens with one attached hydrogen (secondary N) is 3. The predicted molar refractivity (Wildman–Crippen MR) is 103 cm³/mol. The molecule has 6 heteroatoms. The molecule has 134 valence electrons. The number of hydrogen-bond donors (Lipinski definition) is 3. The summed E-state index contributed by atoms with van der Waals surface area (Å²) in [4.78, 5) is 25.0. The van der Waals surface area contributed by atoms with Gasteiger partial charge >= 0.3 is 6.03 Å². The van der Waals surface area contributed by atoms with Crippen molar-refractivity contribution < 1.29 is 9.59 Å². The summed E-state index contributed by atoms with van der Waals surface area (Å²) in [7, 11) is 0. The molecule has 3 amide bonds. The Labute approximate surface area is 157 Å². The topological polar surface area (TPSA) is 70.2 Å². The number of urea groups is 1. The van der Waals surface area contributed by atoms with Gasteiger partial charge in [0.05, 0.1) is 11.6 Å². The lowest BCUT2D eigenvalue weighted by molar-refractivity contribution is -0.113. The fourth-order valence-corrected chi connectivity index (χ4v) is 3.26. The number of aryl methyl sites for hydroxylation is 1. The smallest absolute Gasteiger partial charge is 0.319 e. The summed E-state index contributed by atoms with van der Waals surface area (Å²) in [6, 6.07) is 11.9. The Morgan fingerprint density at radius 3 is 2.54 bits per heavy atom. The zero-order valence-electron chi connectivity index (χ0n) is 14.8. The Balaban J connectivity index is 2.00. The van der Waals surface area contributed by atoms with Crippen LogP contribution in [0, 0.1) is 13.8 Å². The van der Waals surface area contributed by atoms with E-state index in [4.69, 9.17) is 11.6 Å². The van der Waals surface area contributed by atoms with Crippen molar-refractivity contribution in [2.45, 2.75) is 26.8 Å². The SMILES string of the molecule is CC1=C(C(=O)Nc2cccc(C)c2C)C(c2ccccc2Cl)NC(=O)N1. The summed E-state index contributed by atoms with van der Waals surface area (Å²) in [5, 5.41) is 8.90. The number of amides is 3. The molecule has 0 radical (unpaired) electrons. The third-order valence-corrected chi connectivity index (χ3v) is 4.93. The van der Waals surface area contributed by atoms with Crippen LogP contribution in [0.3, 0.4) is 0 Å². The van der Waals surface area contributed by atoms with Gasteiger partial charge in [0.2, 0.25) is 0 Å². The maximum absolute atomic E-state index is 13.0. The van der Waals surface area contributed by atoms with Gasteiger partial charge in [0.15, 0.2) is 0 Å². The van der Waals surface area contributed by atoms with E-state index in [2.05, 4.69) is 16.0 Å². The number of hydrogen-bond acceptors (Lipinski definition) is 2. The van der Waals surface area contributed by atoms with Crippen LogP contribution in [0.4, 0.5) is 10.5 Å². The lowest BCUT2D eigenvalue weighted by Crippen LogP contribution is -2.46. The molecule has 1 aliphatic rings. The number of benzene rings is 2. The van der Waals surface area contributed by atoms with E-state index in [-0.39, 0.29) is 11.9 Å².